The molecule has 0 aliphatic heterocycles. The third kappa shape index (κ3) is 5.32. The number of alkyl halides is 2. The van der Waals surface area contributed by atoms with Crippen molar-refractivity contribution in [3.63, 3.8) is 0 Å². The molecule has 1 amide bonds. The summed E-state index contributed by atoms with van der Waals surface area (Å²) < 4.78 is 30.6. The predicted octanol–water partition coefficient (Wildman–Crippen LogP) is 4.52. The lowest BCUT2D eigenvalue weighted by molar-refractivity contribution is -0.113. The Morgan fingerprint density at radius 1 is 1.14 bits per heavy atom. The van der Waals surface area contributed by atoms with Gasteiger partial charge in [-0.2, -0.15) is 8.78 Å². The van der Waals surface area contributed by atoms with Crippen LogP contribution >= 0.6 is 11.8 Å². The number of carbonyl (C=O) groups excluding carboxylic acids is 1. The molecule has 0 bridgehead atoms. The summed E-state index contributed by atoms with van der Waals surface area (Å²) in [6.45, 7) is 3.00. The van der Waals surface area contributed by atoms with Crippen molar-refractivity contribution < 1.29 is 18.3 Å². The SMILES string of the molecule is Cc1ccc(C)c(-n2c(C)nnc2SCC(=O)Nc2ccc(OC(F)F)cc2)c1. The molecule has 2 aromatic carbocycles. The largest absolute Gasteiger partial charge is 0.435 e. The van der Waals surface area contributed by atoms with E-state index in [1.807, 2.05) is 37.5 Å². The minimum Gasteiger partial charge on any atom is -0.435 e. The van der Waals surface area contributed by atoms with Gasteiger partial charge in [0.1, 0.15) is 11.6 Å². The lowest BCUT2D eigenvalue weighted by Gasteiger charge is -2.12. The number of amides is 1. The van der Waals surface area contributed by atoms with Crippen LogP contribution in [-0.4, -0.2) is 33.0 Å². The van der Waals surface area contributed by atoms with Crippen LogP contribution in [0.5, 0.6) is 5.75 Å². The van der Waals surface area contributed by atoms with Crippen molar-refractivity contribution in [1.29, 1.82) is 0 Å². The predicted molar refractivity (Wildman–Crippen MR) is 108 cm³/mol. The van der Waals surface area contributed by atoms with E-state index >= 15 is 0 Å². The van der Waals surface area contributed by atoms with Crippen LogP contribution in [0.15, 0.2) is 47.6 Å². The van der Waals surface area contributed by atoms with E-state index in [0.29, 0.717) is 10.8 Å². The molecule has 0 aliphatic rings. The number of hydrogen-bond acceptors (Lipinski definition) is 5. The number of aromatic nitrogens is 3. The number of benzene rings is 2. The fraction of sp³-hybridized carbons (Fsp3) is 0.250. The summed E-state index contributed by atoms with van der Waals surface area (Å²) in [6, 6.07) is 11.9. The van der Waals surface area contributed by atoms with Crippen LogP contribution in [0.2, 0.25) is 0 Å². The van der Waals surface area contributed by atoms with Crippen LogP contribution in [0.1, 0.15) is 17.0 Å². The second-order valence-corrected chi connectivity index (χ2v) is 7.34. The average molecular weight is 418 g/mol. The molecule has 9 heteroatoms. The summed E-state index contributed by atoms with van der Waals surface area (Å²) in [4.78, 5) is 12.3. The monoisotopic (exact) mass is 418 g/mol. The molecule has 1 heterocycles. The van der Waals surface area contributed by atoms with Crippen LogP contribution in [-0.2, 0) is 4.79 Å². The van der Waals surface area contributed by atoms with Crippen LogP contribution < -0.4 is 10.1 Å². The Bertz CT molecular complexity index is 1010. The number of thioether (sulfide) groups is 1. The van der Waals surface area contributed by atoms with Gasteiger partial charge >= 0.3 is 6.61 Å². The third-order valence-electron chi connectivity index (χ3n) is 4.10. The molecule has 1 N–H and O–H groups in total. The van der Waals surface area contributed by atoms with Crippen molar-refractivity contribution in [3.8, 4) is 11.4 Å². The first-order chi connectivity index (χ1) is 13.8. The van der Waals surface area contributed by atoms with E-state index in [1.54, 1.807) is 0 Å². The second kappa shape index (κ2) is 9.04. The molecule has 1 aromatic heterocycles. The van der Waals surface area contributed by atoms with Crippen LogP contribution in [0, 0.1) is 20.8 Å². The second-order valence-electron chi connectivity index (χ2n) is 6.39. The Balaban J connectivity index is 1.66. The van der Waals surface area contributed by atoms with Gasteiger partial charge < -0.3 is 10.1 Å². The summed E-state index contributed by atoms with van der Waals surface area (Å²) >= 11 is 1.27. The Labute approximate surface area is 171 Å². The molecule has 3 aromatic rings. The molecule has 0 radical (unpaired) electrons. The maximum absolute atomic E-state index is 12.3. The highest BCUT2D eigenvalue weighted by atomic mass is 32.2. The highest BCUT2D eigenvalue weighted by Crippen LogP contribution is 2.25. The Morgan fingerprint density at radius 2 is 1.86 bits per heavy atom. The van der Waals surface area contributed by atoms with E-state index in [2.05, 4.69) is 26.3 Å². The lowest BCUT2D eigenvalue weighted by atomic mass is 10.1. The van der Waals surface area contributed by atoms with Gasteiger partial charge in [0, 0.05) is 5.69 Å². The number of halogens is 2. The number of nitrogens with zero attached hydrogens (tertiary/aromatic N) is 3. The molecule has 152 valence electrons. The van der Waals surface area contributed by atoms with Crippen molar-refractivity contribution in [3.05, 3.63) is 59.4 Å². The Morgan fingerprint density at radius 3 is 2.55 bits per heavy atom. The lowest BCUT2D eigenvalue weighted by Crippen LogP contribution is -2.14. The van der Waals surface area contributed by atoms with Gasteiger partial charge in [0.05, 0.1) is 11.4 Å². The molecule has 6 nitrogen and oxygen atoms in total. The first-order valence-corrected chi connectivity index (χ1v) is 9.79. The summed E-state index contributed by atoms with van der Waals surface area (Å²) in [5, 5.41) is 11.7. The smallest absolute Gasteiger partial charge is 0.387 e. The molecule has 29 heavy (non-hydrogen) atoms. The zero-order chi connectivity index (χ0) is 21.0. The average Bonchev–Trinajstić information content (AvgIpc) is 3.03. The number of hydrogen-bond donors (Lipinski definition) is 1. The zero-order valence-electron chi connectivity index (χ0n) is 16.1. The van der Waals surface area contributed by atoms with E-state index < -0.39 is 6.61 Å². The number of carbonyl (C=O) groups is 1. The number of nitrogens with one attached hydrogen (secondary N) is 1. The van der Waals surface area contributed by atoms with Gasteiger partial charge in [-0.1, -0.05) is 23.9 Å². The molecule has 0 atom stereocenters. The van der Waals surface area contributed by atoms with Crippen molar-refractivity contribution >= 4 is 23.4 Å². The number of anilines is 1. The standard InChI is InChI=1S/C20H20F2N4O2S/c1-12-4-5-13(2)17(10-12)26-14(3)24-25-20(26)29-11-18(27)23-15-6-8-16(9-7-15)28-19(21)22/h4-10,19H,11H2,1-3H3,(H,23,27). The molecule has 0 fully saturated rings. The van der Waals surface area contributed by atoms with Gasteiger partial charge in [-0.05, 0) is 62.2 Å². The topological polar surface area (TPSA) is 69.0 Å². The maximum Gasteiger partial charge on any atom is 0.387 e. The molecule has 0 spiro atoms. The van der Waals surface area contributed by atoms with Gasteiger partial charge in [-0.15, -0.1) is 10.2 Å². The van der Waals surface area contributed by atoms with Gasteiger partial charge in [-0.25, -0.2) is 0 Å². The molecule has 0 unspecified atom stereocenters. The quantitative estimate of drug-likeness (QED) is 0.571. The maximum atomic E-state index is 12.3. The van der Waals surface area contributed by atoms with Gasteiger partial charge in [0.2, 0.25) is 5.91 Å². The fourth-order valence-corrected chi connectivity index (χ4v) is 3.51. The van der Waals surface area contributed by atoms with E-state index in [9.17, 15) is 13.6 Å². The number of ether oxygens (including phenoxy) is 1. The third-order valence-corrected chi connectivity index (χ3v) is 5.03. The van der Waals surface area contributed by atoms with Gasteiger partial charge in [0.25, 0.3) is 0 Å². The van der Waals surface area contributed by atoms with Gasteiger partial charge in [-0.3, -0.25) is 9.36 Å². The number of rotatable bonds is 7. The fourth-order valence-electron chi connectivity index (χ4n) is 2.72. The van der Waals surface area contributed by atoms with Crippen molar-refractivity contribution in [2.75, 3.05) is 11.1 Å². The van der Waals surface area contributed by atoms with Crippen LogP contribution in [0.25, 0.3) is 5.69 Å². The van der Waals surface area contributed by atoms with E-state index in [4.69, 9.17) is 0 Å². The normalized spacial score (nSPS) is 11.0. The minimum atomic E-state index is -2.88. The van der Waals surface area contributed by atoms with Crippen molar-refractivity contribution in [2.45, 2.75) is 32.5 Å². The summed E-state index contributed by atoms with van der Waals surface area (Å²) in [6.07, 6.45) is 0. The molecular formula is C20H20F2N4O2S. The molecule has 3 rings (SSSR count). The zero-order valence-corrected chi connectivity index (χ0v) is 17.0. The summed E-state index contributed by atoms with van der Waals surface area (Å²) in [5.41, 5.74) is 3.66. The first-order valence-electron chi connectivity index (χ1n) is 8.80. The Hall–Kier alpha value is -2.94. The van der Waals surface area contributed by atoms with E-state index in [-0.39, 0.29) is 17.4 Å². The molecule has 0 saturated heterocycles. The van der Waals surface area contributed by atoms with Crippen LogP contribution in [0.4, 0.5) is 14.5 Å². The molecular weight excluding hydrogens is 398 g/mol. The van der Waals surface area contributed by atoms with Crippen molar-refractivity contribution in [1.82, 2.24) is 14.8 Å². The minimum absolute atomic E-state index is 0.0319. The summed E-state index contributed by atoms with van der Waals surface area (Å²) in [7, 11) is 0. The summed E-state index contributed by atoms with van der Waals surface area (Å²) in [5.74, 6) is 0.643. The first kappa shape index (κ1) is 20.8. The van der Waals surface area contributed by atoms with Crippen molar-refractivity contribution in [2.24, 2.45) is 0 Å². The molecule has 0 aliphatic carbocycles. The van der Waals surface area contributed by atoms with Crippen LogP contribution in [0.3, 0.4) is 0 Å². The number of aryl methyl sites for hydroxylation is 3. The van der Waals surface area contributed by atoms with E-state index in [1.165, 1.54) is 36.0 Å². The Kier molecular flexibility index (Phi) is 6.48. The molecule has 0 saturated carbocycles. The van der Waals surface area contributed by atoms with Gasteiger partial charge in [0.15, 0.2) is 5.16 Å². The highest BCUT2D eigenvalue weighted by Gasteiger charge is 2.15. The van der Waals surface area contributed by atoms with E-state index in [0.717, 1.165) is 22.6 Å². The highest BCUT2D eigenvalue weighted by molar-refractivity contribution is 7.99.